The molecular formula is C11H15NO3. The molecule has 0 bridgehead atoms. The van der Waals surface area contributed by atoms with Crippen LogP contribution in [-0.4, -0.2) is 35.7 Å². The zero-order valence-corrected chi connectivity index (χ0v) is 8.50. The third-order valence-electron chi connectivity index (χ3n) is 2.33. The first-order valence-corrected chi connectivity index (χ1v) is 5.16. The second-order valence-corrected chi connectivity index (χ2v) is 3.59. The van der Waals surface area contributed by atoms with E-state index >= 15 is 0 Å². The summed E-state index contributed by atoms with van der Waals surface area (Å²) in [5, 5.41) is 9.76. The lowest BCUT2D eigenvalue weighted by Gasteiger charge is -2.14. The number of hydrogen-bond acceptors (Lipinski definition) is 4. The largest absolute Gasteiger partial charge is 0.393 e. The summed E-state index contributed by atoms with van der Waals surface area (Å²) in [6, 6.07) is 5.68. The molecule has 0 aliphatic carbocycles. The SMILES string of the molecule is OC(Cc1ccccn1)CC1OCCO1. The van der Waals surface area contributed by atoms with Crippen LogP contribution in [0.25, 0.3) is 0 Å². The third-order valence-corrected chi connectivity index (χ3v) is 2.33. The molecule has 82 valence electrons. The Labute approximate surface area is 88.9 Å². The minimum Gasteiger partial charge on any atom is -0.393 e. The average molecular weight is 209 g/mol. The number of pyridine rings is 1. The van der Waals surface area contributed by atoms with Gasteiger partial charge in [-0.3, -0.25) is 4.98 Å². The number of aliphatic hydroxyl groups excluding tert-OH is 1. The quantitative estimate of drug-likeness (QED) is 0.795. The number of rotatable bonds is 4. The predicted octanol–water partition coefficient (Wildman–Crippen LogP) is 0.748. The Hall–Kier alpha value is -0.970. The molecule has 1 fully saturated rings. The van der Waals surface area contributed by atoms with Gasteiger partial charge in [0.05, 0.1) is 19.3 Å². The Bertz CT molecular complexity index is 285. The normalized spacial score (nSPS) is 19.3. The van der Waals surface area contributed by atoms with E-state index in [-0.39, 0.29) is 6.29 Å². The van der Waals surface area contributed by atoms with Gasteiger partial charge in [-0.05, 0) is 12.1 Å². The average Bonchev–Trinajstić information content (AvgIpc) is 2.71. The molecule has 4 nitrogen and oxygen atoms in total. The van der Waals surface area contributed by atoms with Gasteiger partial charge in [0.25, 0.3) is 0 Å². The van der Waals surface area contributed by atoms with E-state index in [0.29, 0.717) is 26.1 Å². The zero-order chi connectivity index (χ0) is 10.5. The first kappa shape index (κ1) is 10.5. The minimum atomic E-state index is -0.456. The molecule has 1 N–H and O–H groups in total. The van der Waals surface area contributed by atoms with Crippen LogP contribution < -0.4 is 0 Å². The van der Waals surface area contributed by atoms with Gasteiger partial charge in [0.2, 0.25) is 0 Å². The van der Waals surface area contributed by atoms with Crippen LogP contribution in [0.2, 0.25) is 0 Å². The Balaban J connectivity index is 1.79. The summed E-state index contributed by atoms with van der Waals surface area (Å²) in [4.78, 5) is 4.15. The van der Waals surface area contributed by atoms with Gasteiger partial charge in [0, 0.05) is 24.7 Å². The molecule has 0 saturated carbocycles. The zero-order valence-electron chi connectivity index (χ0n) is 8.50. The van der Waals surface area contributed by atoms with Crippen LogP contribution in [0.4, 0.5) is 0 Å². The molecule has 1 aliphatic heterocycles. The third kappa shape index (κ3) is 3.27. The first-order valence-electron chi connectivity index (χ1n) is 5.16. The molecule has 1 aromatic heterocycles. The van der Waals surface area contributed by atoms with E-state index in [1.807, 2.05) is 18.2 Å². The molecule has 1 aromatic rings. The van der Waals surface area contributed by atoms with Crippen molar-refractivity contribution < 1.29 is 14.6 Å². The molecule has 0 amide bonds. The molecule has 1 aliphatic rings. The monoisotopic (exact) mass is 209 g/mol. The van der Waals surface area contributed by atoms with Crippen LogP contribution in [0, 0.1) is 0 Å². The van der Waals surface area contributed by atoms with Crippen molar-refractivity contribution in [2.75, 3.05) is 13.2 Å². The van der Waals surface area contributed by atoms with Gasteiger partial charge < -0.3 is 14.6 Å². The van der Waals surface area contributed by atoms with Crippen LogP contribution in [-0.2, 0) is 15.9 Å². The fourth-order valence-electron chi connectivity index (χ4n) is 1.61. The molecule has 0 spiro atoms. The second-order valence-electron chi connectivity index (χ2n) is 3.59. The van der Waals surface area contributed by atoms with E-state index in [0.717, 1.165) is 5.69 Å². The molecule has 15 heavy (non-hydrogen) atoms. The Morgan fingerprint density at radius 1 is 1.40 bits per heavy atom. The van der Waals surface area contributed by atoms with Crippen molar-refractivity contribution in [1.82, 2.24) is 4.98 Å². The molecule has 1 unspecified atom stereocenters. The van der Waals surface area contributed by atoms with E-state index in [4.69, 9.17) is 9.47 Å². The topological polar surface area (TPSA) is 51.6 Å². The van der Waals surface area contributed by atoms with Crippen molar-refractivity contribution in [2.24, 2.45) is 0 Å². The van der Waals surface area contributed by atoms with Crippen LogP contribution in [0.3, 0.4) is 0 Å². The van der Waals surface area contributed by atoms with Crippen molar-refractivity contribution in [3.63, 3.8) is 0 Å². The summed E-state index contributed by atoms with van der Waals surface area (Å²) in [6.45, 7) is 1.25. The summed E-state index contributed by atoms with van der Waals surface area (Å²) >= 11 is 0. The standard InChI is InChI=1S/C11H15NO3/c13-10(8-11-14-5-6-15-11)7-9-3-1-2-4-12-9/h1-4,10-11,13H,5-8H2. The van der Waals surface area contributed by atoms with Crippen molar-refractivity contribution in [2.45, 2.75) is 25.2 Å². The minimum absolute atomic E-state index is 0.247. The molecule has 4 heteroatoms. The van der Waals surface area contributed by atoms with E-state index in [9.17, 15) is 5.11 Å². The van der Waals surface area contributed by atoms with Crippen LogP contribution >= 0.6 is 0 Å². The first-order chi connectivity index (χ1) is 7.34. The van der Waals surface area contributed by atoms with E-state index in [1.165, 1.54) is 0 Å². The summed E-state index contributed by atoms with van der Waals surface area (Å²) in [6.07, 6.45) is 2.08. The fourth-order valence-corrected chi connectivity index (χ4v) is 1.61. The van der Waals surface area contributed by atoms with Gasteiger partial charge in [-0.25, -0.2) is 0 Å². The predicted molar refractivity (Wildman–Crippen MR) is 54.3 cm³/mol. The number of ether oxygens (including phenoxy) is 2. The summed E-state index contributed by atoms with van der Waals surface area (Å²) in [7, 11) is 0. The highest BCUT2D eigenvalue weighted by atomic mass is 16.7. The van der Waals surface area contributed by atoms with Gasteiger partial charge in [-0.15, -0.1) is 0 Å². The summed E-state index contributed by atoms with van der Waals surface area (Å²) in [5.74, 6) is 0. The number of nitrogens with zero attached hydrogens (tertiary/aromatic N) is 1. The molecule has 2 rings (SSSR count). The molecule has 1 atom stereocenters. The highest BCUT2D eigenvalue weighted by Crippen LogP contribution is 2.12. The molecule has 0 aromatic carbocycles. The van der Waals surface area contributed by atoms with Gasteiger partial charge in [0.15, 0.2) is 6.29 Å². The van der Waals surface area contributed by atoms with Crippen molar-refractivity contribution in [3.05, 3.63) is 30.1 Å². The highest BCUT2D eigenvalue weighted by molar-refractivity contribution is 5.04. The Morgan fingerprint density at radius 3 is 2.87 bits per heavy atom. The maximum Gasteiger partial charge on any atom is 0.160 e. The van der Waals surface area contributed by atoms with E-state index in [1.54, 1.807) is 6.20 Å². The lowest BCUT2D eigenvalue weighted by molar-refractivity contribution is -0.0699. The van der Waals surface area contributed by atoms with Crippen LogP contribution in [0.1, 0.15) is 12.1 Å². The Morgan fingerprint density at radius 2 is 2.20 bits per heavy atom. The lowest BCUT2D eigenvalue weighted by atomic mass is 10.1. The van der Waals surface area contributed by atoms with Gasteiger partial charge >= 0.3 is 0 Å². The number of hydrogen-bond donors (Lipinski definition) is 1. The summed E-state index contributed by atoms with van der Waals surface area (Å²) in [5.41, 5.74) is 0.892. The van der Waals surface area contributed by atoms with Crippen LogP contribution in [0.5, 0.6) is 0 Å². The van der Waals surface area contributed by atoms with Crippen molar-refractivity contribution >= 4 is 0 Å². The van der Waals surface area contributed by atoms with Crippen molar-refractivity contribution in [1.29, 1.82) is 0 Å². The van der Waals surface area contributed by atoms with E-state index < -0.39 is 6.10 Å². The smallest absolute Gasteiger partial charge is 0.160 e. The maximum atomic E-state index is 9.76. The van der Waals surface area contributed by atoms with Gasteiger partial charge in [0.1, 0.15) is 0 Å². The number of aromatic nitrogens is 1. The maximum absolute atomic E-state index is 9.76. The lowest BCUT2D eigenvalue weighted by Crippen LogP contribution is -2.20. The number of aliphatic hydroxyl groups is 1. The molecule has 1 saturated heterocycles. The van der Waals surface area contributed by atoms with Gasteiger partial charge in [-0.2, -0.15) is 0 Å². The van der Waals surface area contributed by atoms with Crippen molar-refractivity contribution in [3.8, 4) is 0 Å². The molecule has 0 radical (unpaired) electrons. The Kier molecular flexibility index (Phi) is 3.66. The fraction of sp³-hybridized carbons (Fsp3) is 0.545. The summed E-state index contributed by atoms with van der Waals surface area (Å²) < 4.78 is 10.5. The van der Waals surface area contributed by atoms with E-state index in [2.05, 4.69) is 4.98 Å². The van der Waals surface area contributed by atoms with Gasteiger partial charge in [-0.1, -0.05) is 6.07 Å². The van der Waals surface area contributed by atoms with Crippen LogP contribution in [0.15, 0.2) is 24.4 Å². The molecular weight excluding hydrogens is 194 g/mol. The molecule has 2 heterocycles. The highest BCUT2D eigenvalue weighted by Gasteiger charge is 2.20. The second kappa shape index (κ2) is 5.21.